The van der Waals surface area contributed by atoms with Gasteiger partial charge < -0.3 is 10.6 Å². The van der Waals surface area contributed by atoms with E-state index in [9.17, 15) is 9.59 Å². The summed E-state index contributed by atoms with van der Waals surface area (Å²) in [6.07, 6.45) is 2.91. The molecule has 0 spiro atoms. The quantitative estimate of drug-likeness (QED) is 0.714. The SMILES string of the molecule is CCN1Cc2ccccc2C[C@@H]1CNC(=O)c1cc(SC)cc2c1SCC(=O)N2. The Kier molecular flexibility index (Phi) is 6.18. The number of carbonyl (C=O) groups excluding carboxylic acids is 2. The Morgan fingerprint density at radius 3 is 2.86 bits per heavy atom. The first-order valence-electron chi connectivity index (χ1n) is 9.82. The number of anilines is 1. The summed E-state index contributed by atoms with van der Waals surface area (Å²) in [5.41, 5.74) is 4.14. The van der Waals surface area contributed by atoms with E-state index in [0.717, 1.165) is 35.0 Å². The number of thioether (sulfide) groups is 2. The largest absolute Gasteiger partial charge is 0.350 e. The average molecular weight is 428 g/mol. The molecule has 2 amide bonds. The third-order valence-electron chi connectivity index (χ3n) is 5.53. The summed E-state index contributed by atoms with van der Waals surface area (Å²) in [6, 6.07) is 12.7. The minimum absolute atomic E-state index is 0.0217. The molecule has 2 aliphatic rings. The molecule has 5 nitrogen and oxygen atoms in total. The summed E-state index contributed by atoms with van der Waals surface area (Å²) < 4.78 is 0. The van der Waals surface area contributed by atoms with Crippen molar-refractivity contribution >= 4 is 41.0 Å². The molecular weight excluding hydrogens is 402 g/mol. The Morgan fingerprint density at radius 1 is 1.31 bits per heavy atom. The van der Waals surface area contributed by atoms with E-state index >= 15 is 0 Å². The highest BCUT2D eigenvalue weighted by molar-refractivity contribution is 8.00. The van der Waals surface area contributed by atoms with Crippen LogP contribution in [0, 0.1) is 0 Å². The molecule has 0 aliphatic carbocycles. The first-order chi connectivity index (χ1) is 14.1. The van der Waals surface area contributed by atoms with Crippen molar-refractivity contribution in [2.24, 2.45) is 0 Å². The zero-order chi connectivity index (χ0) is 20.4. The Morgan fingerprint density at radius 2 is 2.10 bits per heavy atom. The molecule has 1 atom stereocenters. The predicted molar refractivity (Wildman–Crippen MR) is 120 cm³/mol. The lowest BCUT2D eigenvalue weighted by Crippen LogP contribution is -2.47. The molecular formula is C22H25N3O2S2. The van der Waals surface area contributed by atoms with Crippen LogP contribution in [0.5, 0.6) is 0 Å². The molecule has 0 fully saturated rings. The van der Waals surface area contributed by atoms with E-state index in [1.165, 1.54) is 22.9 Å². The van der Waals surface area contributed by atoms with Gasteiger partial charge in [0.05, 0.1) is 17.0 Å². The first-order valence-corrected chi connectivity index (χ1v) is 12.0. The van der Waals surface area contributed by atoms with Gasteiger partial charge in [-0.1, -0.05) is 31.2 Å². The molecule has 0 saturated carbocycles. The monoisotopic (exact) mass is 427 g/mol. The normalized spacial score (nSPS) is 18.6. The van der Waals surface area contributed by atoms with Gasteiger partial charge in [0.2, 0.25) is 5.91 Å². The Hall–Kier alpha value is -1.96. The lowest BCUT2D eigenvalue weighted by molar-refractivity contribution is -0.113. The maximum Gasteiger partial charge on any atom is 0.252 e. The number of benzene rings is 2. The van der Waals surface area contributed by atoms with Crippen molar-refractivity contribution in [3.8, 4) is 0 Å². The topological polar surface area (TPSA) is 61.4 Å². The zero-order valence-electron chi connectivity index (χ0n) is 16.7. The fourth-order valence-electron chi connectivity index (χ4n) is 3.98. The third kappa shape index (κ3) is 4.32. The highest BCUT2D eigenvalue weighted by Gasteiger charge is 2.27. The summed E-state index contributed by atoms with van der Waals surface area (Å²) >= 11 is 3.00. The lowest BCUT2D eigenvalue weighted by Gasteiger charge is -2.36. The number of hydrogen-bond acceptors (Lipinski definition) is 5. The van der Waals surface area contributed by atoms with Crippen LogP contribution < -0.4 is 10.6 Å². The summed E-state index contributed by atoms with van der Waals surface area (Å²) in [4.78, 5) is 29.1. The number of fused-ring (bicyclic) bond motifs is 2. The van der Waals surface area contributed by atoms with Crippen molar-refractivity contribution in [3.05, 3.63) is 53.1 Å². The molecule has 2 aromatic rings. The molecule has 0 saturated heterocycles. The standard InChI is InChI=1S/C22H25N3O2S2/c1-3-25-12-15-7-5-4-6-14(15)8-16(25)11-23-22(27)18-9-17(28-2)10-19-21(18)29-13-20(26)24-19/h4-7,9-10,16H,3,8,11-13H2,1-2H3,(H,23,27)(H,24,26)/t16-/m1/s1. The van der Waals surface area contributed by atoms with Gasteiger partial charge in [-0.05, 0) is 42.5 Å². The minimum atomic E-state index is -0.0734. The molecule has 7 heteroatoms. The van der Waals surface area contributed by atoms with E-state index in [1.807, 2.05) is 18.4 Å². The number of likely N-dealkylation sites (N-methyl/N-ethyl adjacent to an activating group) is 1. The highest BCUT2D eigenvalue weighted by Crippen LogP contribution is 2.37. The van der Waals surface area contributed by atoms with Gasteiger partial charge in [0, 0.05) is 28.9 Å². The minimum Gasteiger partial charge on any atom is -0.350 e. The van der Waals surface area contributed by atoms with Gasteiger partial charge in [0.1, 0.15) is 0 Å². The zero-order valence-corrected chi connectivity index (χ0v) is 18.3. The van der Waals surface area contributed by atoms with E-state index in [2.05, 4.69) is 46.7 Å². The third-order valence-corrected chi connectivity index (χ3v) is 7.37. The Bertz CT molecular complexity index is 948. The van der Waals surface area contributed by atoms with Gasteiger partial charge in [-0.15, -0.1) is 23.5 Å². The number of nitrogens with one attached hydrogen (secondary N) is 2. The molecule has 2 heterocycles. The van der Waals surface area contributed by atoms with Gasteiger partial charge in [-0.2, -0.15) is 0 Å². The van der Waals surface area contributed by atoms with E-state index in [4.69, 9.17) is 0 Å². The van der Waals surface area contributed by atoms with Crippen molar-refractivity contribution in [2.75, 3.05) is 30.4 Å². The molecule has 4 rings (SSSR count). The number of hydrogen-bond donors (Lipinski definition) is 2. The van der Waals surface area contributed by atoms with Crippen LogP contribution in [-0.4, -0.2) is 47.9 Å². The summed E-state index contributed by atoms with van der Waals surface area (Å²) in [5.74, 6) is 0.247. The smallest absolute Gasteiger partial charge is 0.252 e. The van der Waals surface area contributed by atoms with Gasteiger partial charge >= 0.3 is 0 Å². The van der Waals surface area contributed by atoms with Crippen LogP contribution in [0.25, 0.3) is 0 Å². The van der Waals surface area contributed by atoms with E-state index in [1.54, 1.807) is 11.8 Å². The molecule has 0 radical (unpaired) electrons. The number of rotatable bonds is 5. The van der Waals surface area contributed by atoms with Crippen molar-refractivity contribution < 1.29 is 9.59 Å². The fraction of sp³-hybridized carbons (Fsp3) is 0.364. The Balaban J connectivity index is 1.51. The molecule has 0 aromatic heterocycles. The highest BCUT2D eigenvalue weighted by atomic mass is 32.2. The van der Waals surface area contributed by atoms with Gasteiger partial charge in [-0.25, -0.2) is 0 Å². The second kappa shape index (κ2) is 8.81. The Labute approximate surface area is 180 Å². The maximum atomic E-state index is 13.1. The molecule has 2 N–H and O–H groups in total. The van der Waals surface area contributed by atoms with E-state index in [-0.39, 0.29) is 17.9 Å². The maximum absolute atomic E-state index is 13.1. The van der Waals surface area contributed by atoms with Crippen molar-refractivity contribution in [3.63, 3.8) is 0 Å². The molecule has 2 aromatic carbocycles. The van der Waals surface area contributed by atoms with Crippen LogP contribution >= 0.6 is 23.5 Å². The fourth-order valence-corrected chi connectivity index (χ4v) is 5.37. The van der Waals surface area contributed by atoms with Crippen LogP contribution in [0.4, 0.5) is 5.69 Å². The lowest BCUT2D eigenvalue weighted by atomic mass is 9.94. The first kappa shape index (κ1) is 20.3. The van der Waals surface area contributed by atoms with Crippen LogP contribution in [-0.2, 0) is 17.8 Å². The number of amides is 2. The summed E-state index contributed by atoms with van der Waals surface area (Å²) in [6.45, 7) is 4.65. The second-order valence-corrected chi connectivity index (χ2v) is 9.15. The van der Waals surface area contributed by atoms with Crippen LogP contribution in [0.3, 0.4) is 0 Å². The van der Waals surface area contributed by atoms with Crippen LogP contribution in [0.2, 0.25) is 0 Å². The van der Waals surface area contributed by atoms with Crippen molar-refractivity contribution in [2.45, 2.75) is 35.7 Å². The van der Waals surface area contributed by atoms with Crippen LogP contribution in [0.15, 0.2) is 46.2 Å². The predicted octanol–water partition coefficient (Wildman–Crippen LogP) is 3.63. The van der Waals surface area contributed by atoms with Gasteiger partial charge in [0.25, 0.3) is 5.91 Å². The molecule has 152 valence electrons. The number of nitrogens with zero attached hydrogens (tertiary/aromatic N) is 1. The molecule has 0 unspecified atom stereocenters. The molecule has 29 heavy (non-hydrogen) atoms. The van der Waals surface area contributed by atoms with Crippen molar-refractivity contribution in [1.29, 1.82) is 0 Å². The second-order valence-electron chi connectivity index (χ2n) is 7.29. The van der Waals surface area contributed by atoms with Crippen LogP contribution in [0.1, 0.15) is 28.4 Å². The molecule has 0 bridgehead atoms. The average Bonchev–Trinajstić information content (AvgIpc) is 2.75. The van der Waals surface area contributed by atoms with E-state index in [0.29, 0.717) is 17.9 Å². The van der Waals surface area contributed by atoms with Gasteiger partial charge in [0.15, 0.2) is 0 Å². The summed E-state index contributed by atoms with van der Waals surface area (Å²) in [5, 5.41) is 6.06. The summed E-state index contributed by atoms with van der Waals surface area (Å²) in [7, 11) is 0. The van der Waals surface area contributed by atoms with E-state index < -0.39 is 0 Å². The number of carbonyl (C=O) groups is 2. The van der Waals surface area contributed by atoms with Gasteiger partial charge in [-0.3, -0.25) is 14.5 Å². The molecule has 2 aliphatic heterocycles. The van der Waals surface area contributed by atoms with Crippen molar-refractivity contribution in [1.82, 2.24) is 10.2 Å².